The molecule has 0 aromatic heterocycles. The highest BCUT2D eigenvalue weighted by Crippen LogP contribution is 1.85. The Balaban J connectivity index is 3.62. The highest BCUT2D eigenvalue weighted by molar-refractivity contribution is 5.93. The molecule has 0 heterocycles. The average molecular weight is 172 g/mol. The van der Waals surface area contributed by atoms with Crippen molar-refractivity contribution in [1.82, 2.24) is 5.32 Å². The smallest absolute Gasteiger partial charge is 0.288 e. The van der Waals surface area contributed by atoms with Crippen molar-refractivity contribution in [2.24, 2.45) is 10.7 Å². The van der Waals surface area contributed by atoms with Crippen molar-refractivity contribution in [3.63, 3.8) is 0 Å². The lowest BCUT2D eigenvalue weighted by Gasteiger charge is -2.04. The molecule has 0 bridgehead atoms. The first-order chi connectivity index (χ1) is 5.70. The Labute approximate surface area is 72.5 Å². The second kappa shape index (κ2) is 6.45. The quantitative estimate of drug-likeness (QED) is 0.324. The maximum absolute atomic E-state index is 7.05. The summed E-state index contributed by atoms with van der Waals surface area (Å²) in [6, 6.07) is -0.0900. The minimum atomic E-state index is -0.0900. The summed E-state index contributed by atoms with van der Waals surface area (Å²) in [7, 11) is 1.40. The first-order valence-electron chi connectivity index (χ1n) is 3.90. The predicted octanol–water partition coefficient (Wildman–Crippen LogP) is 0.272. The van der Waals surface area contributed by atoms with Crippen LogP contribution in [0.15, 0.2) is 4.99 Å². The zero-order chi connectivity index (χ0) is 9.40. The van der Waals surface area contributed by atoms with E-state index in [-0.39, 0.29) is 12.0 Å². The fourth-order valence-electron chi connectivity index (χ4n) is 0.565. The van der Waals surface area contributed by atoms with E-state index in [1.807, 2.05) is 0 Å². The van der Waals surface area contributed by atoms with Gasteiger partial charge >= 0.3 is 0 Å². The van der Waals surface area contributed by atoms with Crippen LogP contribution in [-0.4, -0.2) is 25.6 Å². The van der Waals surface area contributed by atoms with Crippen LogP contribution in [0.3, 0.4) is 0 Å². The van der Waals surface area contributed by atoms with Gasteiger partial charge in [0.15, 0.2) is 5.96 Å². The number of methoxy groups -OCH3 is 1. The van der Waals surface area contributed by atoms with Gasteiger partial charge in [0, 0.05) is 6.54 Å². The molecule has 0 rings (SSSR count). The van der Waals surface area contributed by atoms with Gasteiger partial charge in [0.1, 0.15) is 0 Å². The summed E-state index contributed by atoms with van der Waals surface area (Å²) >= 11 is 0. The first-order valence-corrected chi connectivity index (χ1v) is 3.90. The fraction of sp³-hybridized carbons (Fsp3) is 0.714. The van der Waals surface area contributed by atoms with Crippen molar-refractivity contribution in [2.75, 3.05) is 13.7 Å². The second-order valence-corrected chi connectivity index (χ2v) is 2.28. The van der Waals surface area contributed by atoms with Crippen LogP contribution >= 0.6 is 0 Å². The molecule has 0 spiro atoms. The van der Waals surface area contributed by atoms with Gasteiger partial charge in [-0.05, 0) is 6.42 Å². The standard InChI is InChI=1S/C7H16N4O/c1-3-4-5-10-6(8)11-7(9)12-2/h3-5H2,1-2H3,(H4,8,9,10,11). The molecule has 0 radical (unpaired) electrons. The number of hydrogen-bond acceptors (Lipinski definition) is 3. The third kappa shape index (κ3) is 5.52. The summed E-state index contributed by atoms with van der Waals surface area (Å²) in [4.78, 5) is 3.96. The number of guanidine groups is 1. The normalized spacial score (nSPS) is 11.0. The van der Waals surface area contributed by atoms with Gasteiger partial charge in [0.05, 0.1) is 7.11 Å². The van der Waals surface area contributed by atoms with Crippen LogP contribution in [-0.2, 0) is 4.74 Å². The van der Waals surface area contributed by atoms with Crippen LogP contribution in [0.1, 0.15) is 19.8 Å². The van der Waals surface area contributed by atoms with E-state index in [0.29, 0.717) is 6.54 Å². The summed E-state index contributed by atoms with van der Waals surface area (Å²) in [5.74, 6) is 0.232. The molecule has 0 aliphatic rings. The van der Waals surface area contributed by atoms with E-state index in [2.05, 4.69) is 22.0 Å². The molecule has 4 N–H and O–H groups in total. The summed E-state index contributed by atoms with van der Waals surface area (Å²) in [5.41, 5.74) is 5.41. The Morgan fingerprint density at radius 2 is 2.33 bits per heavy atom. The molecule has 5 nitrogen and oxygen atoms in total. The number of nitrogens with zero attached hydrogens (tertiary/aromatic N) is 1. The molecule has 0 amide bonds. The predicted molar refractivity (Wildman–Crippen MR) is 49.3 cm³/mol. The van der Waals surface area contributed by atoms with Gasteiger partial charge in [-0.15, -0.1) is 0 Å². The number of aliphatic imine (C=N–C) groups is 1. The number of unbranched alkanes of at least 4 members (excludes halogenated alkanes) is 1. The maximum atomic E-state index is 7.05. The van der Waals surface area contributed by atoms with E-state index in [0.717, 1.165) is 12.8 Å². The van der Waals surface area contributed by atoms with Gasteiger partial charge in [0.2, 0.25) is 0 Å². The number of nitrogens with two attached hydrogens (primary N) is 1. The zero-order valence-electron chi connectivity index (χ0n) is 7.55. The molecule has 0 fully saturated rings. The molecule has 0 unspecified atom stereocenters. The molecular weight excluding hydrogens is 156 g/mol. The lowest BCUT2D eigenvalue weighted by Crippen LogP contribution is -2.37. The lowest BCUT2D eigenvalue weighted by atomic mass is 10.3. The highest BCUT2D eigenvalue weighted by atomic mass is 16.5. The van der Waals surface area contributed by atoms with Gasteiger partial charge < -0.3 is 10.5 Å². The number of nitrogens with one attached hydrogen (secondary N) is 2. The van der Waals surface area contributed by atoms with Gasteiger partial charge in [-0.25, -0.2) is 0 Å². The van der Waals surface area contributed by atoms with E-state index in [1.165, 1.54) is 7.11 Å². The Morgan fingerprint density at radius 1 is 1.67 bits per heavy atom. The molecule has 0 aromatic rings. The van der Waals surface area contributed by atoms with Crippen molar-refractivity contribution < 1.29 is 4.74 Å². The van der Waals surface area contributed by atoms with Crippen molar-refractivity contribution in [1.29, 1.82) is 5.41 Å². The molecule has 0 saturated heterocycles. The van der Waals surface area contributed by atoms with E-state index in [9.17, 15) is 0 Å². The van der Waals surface area contributed by atoms with E-state index in [1.54, 1.807) is 0 Å². The molecule has 0 aliphatic carbocycles. The van der Waals surface area contributed by atoms with Crippen LogP contribution in [0.2, 0.25) is 0 Å². The number of hydrogen-bond donors (Lipinski definition) is 3. The molecule has 5 heteroatoms. The Hall–Kier alpha value is -1.26. The third-order valence-corrected chi connectivity index (χ3v) is 1.24. The third-order valence-electron chi connectivity index (χ3n) is 1.24. The molecule has 0 aromatic carbocycles. The van der Waals surface area contributed by atoms with Crippen LogP contribution in [0.4, 0.5) is 0 Å². The van der Waals surface area contributed by atoms with Crippen molar-refractivity contribution >= 4 is 12.0 Å². The summed E-state index contributed by atoms with van der Waals surface area (Å²) in [6.45, 7) is 2.77. The van der Waals surface area contributed by atoms with Gasteiger partial charge in [0.25, 0.3) is 6.02 Å². The zero-order valence-corrected chi connectivity index (χ0v) is 7.55. The highest BCUT2D eigenvalue weighted by Gasteiger charge is 1.94. The number of ether oxygens (including phenoxy) is 1. The molecular formula is C7H16N4O. The minimum Gasteiger partial charge on any atom is -0.468 e. The van der Waals surface area contributed by atoms with Gasteiger partial charge in [-0.3, -0.25) is 15.7 Å². The first kappa shape index (κ1) is 10.7. The van der Waals surface area contributed by atoms with Crippen LogP contribution in [0, 0.1) is 5.41 Å². The van der Waals surface area contributed by atoms with Crippen LogP contribution in [0.25, 0.3) is 0 Å². The Bertz CT molecular complexity index is 167. The van der Waals surface area contributed by atoms with Crippen molar-refractivity contribution in [3.8, 4) is 0 Å². The largest absolute Gasteiger partial charge is 0.468 e. The Kier molecular flexibility index (Phi) is 5.77. The lowest BCUT2D eigenvalue weighted by molar-refractivity contribution is 0.385. The van der Waals surface area contributed by atoms with Gasteiger partial charge in [-0.2, -0.15) is 0 Å². The van der Waals surface area contributed by atoms with E-state index >= 15 is 0 Å². The summed E-state index contributed by atoms with van der Waals surface area (Å²) < 4.78 is 4.54. The van der Waals surface area contributed by atoms with E-state index < -0.39 is 0 Å². The van der Waals surface area contributed by atoms with Gasteiger partial charge in [-0.1, -0.05) is 13.3 Å². The summed E-state index contributed by atoms with van der Waals surface area (Å²) in [5, 5.41) is 9.53. The van der Waals surface area contributed by atoms with Crippen molar-refractivity contribution in [3.05, 3.63) is 0 Å². The Morgan fingerprint density at radius 3 is 2.83 bits per heavy atom. The average Bonchev–Trinajstić information content (AvgIpc) is 2.05. The number of amidine groups is 1. The number of rotatable bonds is 3. The molecule has 12 heavy (non-hydrogen) atoms. The molecule has 0 aliphatic heterocycles. The van der Waals surface area contributed by atoms with Crippen LogP contribution < -0.4 is 11.1 Å². The van der Waals surface area contributed by atoms with Crippen LogP contribution in [0.5, 0.6) is 0 Å². The second-order valence-electron chi connectivity index (χ2n) is 2.28. The SMILES string of the molecule is CCCCN=C(N)NC(=N)OC. The summed E-state index contributed by atoms with van der Waals surface area (Å²) in [6.07, 6.45) is 2.08. The van der Waals surface area contributed by atoms with E-state index in [4.69, 9.17) is 11.1 Å². The monoisotopic (exact) mass is 172 g/mol. The molecule has 0 atom stereocenters. The molecule has 0 saturated carbocycles. The fourth-order valence-corrected chi connectivity index (χ4v) is 0.565. The maximum Gasteiger partial charge on any atom is 0.288 e. The van der Waals surface area contributed by atoms with Crippen molar-refractivity contribution in [2.45, 2.75) is 19.8 Å². The topological polar surface area (TPSA) is 83.5 Å². The minimum absolute atomic E-state index is 0.0900. The molecule has 70 valence electrons.